The standard InChI is InChI=1S/C13H16ClN3O3/c14-10-1-2-11(12(8-10)17(19)20)16-5-3-9(4-6-16)7-13(15)18/h1-2,8-9H,3-7H2,(H2,15,18). The third kappa shape index (κ3) is 3.39. The van der Waals surface area contributed by atoms with Crippen molar-refractivity contribution in [3.05, 3.63) is 33.3 Å². The summed E-state index contributed by atoms with van der Waals surface area (Å²) >= 11 is 5.81. The maximum atomic E-state index is 11.1. The van der Waals surface area contributed by atoms with Crippen molar-refractivity contribution in [2.75, 3.05) is 18.0 Å². The Kier molecular flexibility index (Phi) is 4.44. The average molecular weight is 298 g/mol. The topological polar surface area (TPSA) is 89.5 Å². The number of halogens is 1. The molecule has 1 aromatic rings. The molecule has 20 heavy (non-hydrogen) atoms. The number of carbonyl (C=O) groups excluding carboxylic acids is 1. The van der Waals surface area contributed by atoms with Crippen LogP contribution in [0.5, 0.6) is 0 Å². The Bertz CT molecular complexity index is 528. The Balaban J connectivity index is 2.11. The van der Waals surface area contributed by atoms with Gasteiger partial charge in [-0.1, -0.05) is 11.6 Å². The maximum Gasteiger partial charge on any atom is 0.294 e. The van der Waals surface area contributed by atoms with Crippen molar-refractivity contribution in [1.29, 1.82) is 0 Å². The number of nitro groups is 1. The predicted molar refractivity (Wildman–Crippen MR) is 76.9 cm³/mol. The number of piperidine rings is 1. The van der Waals surface area contributed by atoms with Gasteiger partial charge in [-0.3, -0.25) is 14.9 Å². The average Bonchev–Trinajstić information content (AvgIpc) is 2.39. The molecular formula is C13H16ClN3O3. The summed E-state index contributed by atoms with van der Waals surface area (Å²) in [6.07, 6.45) is 2.00. The van der Waals surface area contributed by atoms with E-state index in [0.717, 1.165) is 12.8 Å². The smallest absolute Gasteiger partial charge is 0.294 e. The number of carbonyl (C=O) groups is 1. The summed E-state index contributed by atoms with van der Waals surface area (Å²) < 4.78 is 0. The highest BCUT2D eigenvalue weighted by molar-refractivity contribution is 6.30. The van der Waals surface area contributed by atoms with E-state index in [9.17, 15) is 14.9 Å². The van der Waals surface area contributed by atoms with E-state index in [-0.39, 0.29) is 17.5 Å². The normalized spacial score (nSPS) is 16.1. The molecule has 1 aliphatic heterocycles. The summed E-state index contributed by atoms with van der Waals surface area (Å²) in [5.41, 5.74) is 5.79. The molecule has 7 heteroatoms. The lowest BCUT2D eigenvalue weighted by Gasteiger charge is -2.32. The molecule has 1 fully saturated rings. The van der Waals surface area contributed by atoms with Gasteiger partial charge in [0.2, 0.25) is 5.91 Å². The molecule has 0 radical (unpaired) electrons. The van der Waals surface area contributed by atoms with Crippen LogP contribution in [0.2, 0.25) is 5.02 Å². The van der Waals surface area contributed by atoms with Gasteiger partial charge in [-0.05, 0) is 30.9 Å². The molecule has 1 aromatic carbocycles. The van der Waals surface area contributed by atoms with E-state index in [1.165, 1.54) is 6.07 Å². The maximum absolute atomic E-state index is 11.1. The molecule has 0 unspecified atom stereocenters. The number of hydrogen-bond acceptors (Lipinski definition) is 4. The van der Waals surface area contributed by atoms with Crippen molar-refractivity contribution in [2.45, 2.75) is 19.3 Å². The van der Waals surface area contributed by atoms with Crippen molar-refractivity contribution < 1.29 is 9.72 Å². The van der Waals surface area contributed by atoms with Gasteiger partial charge < -0.3 is 10.6 Å². The van der Waals surface area contributed by atoms with Gasteiger partial charge in [0.15, 0.2) is 0 Å². The lowest BCUT2D eigenvalue weighted by atomic mass is 9.93. The van der Waals surface area contributed by atoms with Crippen molar-refractivity contribution in [3.8, 4) is 0 Å². The van der Waals surface area contributed by atoms with Gasteiger partial charge in [0.05, 0.1) is 4.92 Å². The van der Waals surface area contributed by atoms with Crippen molar-refractivity contribution in [3.63, 3.8) is 0 Å². The van der Waals surface area contributed by atoms with Crippen LogP contribution >= 0.6 is 11.6 Å². The molecule has 0 atom stereocenters. The van der Waals surface area contributed by atoms with Crippen LogP contribution in [0.4, 0.5) is 11.4 Å². The zero-order valence-electron chi connectivity index (χ0n) is 10.9. The molecule has 0 aromatic heterocycles. The summed E-state index contributed by atoms with van der Waals surface area (Å²) in [5.74, 6) is -0.0176. The van der Waals surface area contributed by atoms with Gasteiger partial charge in [0.25, 0.3) is 5.69 Å². The highest BCUT2D eigenvalue weighted by atomic mass is 35.5. The summed E-state index contributed by atoms with van der Waals surface area (Å²) in [5, 5.41) is 11.4. The van der Waals surface area contributed by atoms with E-state index in [4.69, 9.17) is 17.3 Å². The third-order valence-corrected chi connectivity index (χ3v) is 3.81. The first kappa shape index (κ1) is 14.6. The molecule has 1 aliphatic rings. The fourth-order valence-electron chi connectivity index (χ4n) is 2.57. The molecule has 1 heterocycles. The molecule has 6 nitrogen and oxygen atoms in total. The van der Waals surface area contributed by atoms with Crippen LogP contribution in [0.25, 0.3) is 0 Å². The van der Waals surface area contributed by atoms with Gasteiger partial charge >= 0.3 is 0 Å². The van der Waals surface area contributed by atoms with Crippen LogP contribution in [0.15, 0.2) is 18.2 Å². The highest BCUT2D eigenvalue weighted by Crippen LogP contribution is 2.34. The van der Waals surface area contributed by atoms with Crippen LogP contribution in [-0.4, -0.2) is 23.9 Å². The molecular weight excluding hydrogens is 282 g/mol. The van der Waals surface area contributed by atoms with Crippen LogP contribution in [-0.2, 0) is 4.79 Å². The van der Waals surface area contributed by atoms with Gasteiger partial charge in [0.1, 0.15) is 5.69 Å². The first-order chi connectivity index (χ1) is 9.47. The number of nitrogens with two attached hydrogens (primary N) is 1. The first-order valence-electron chi connectivity index (χ1n) is 6.44. The quantitative estimate of drug-likeness (QED) is 0.682. The van der Waals surface area contributed by atoms with E-state index >= 15 is 0 Å². The van der Waals surface area contributed by atoms with E-state index in [1.807, 2.05) is 4.90 Å². The van der Waals surface area contributed by atoms with Crippen LogP contribution in [0, 0.1) is 16.0 Å². The molecule has 2 rings (SSSR count). The van der Waals surface area contributed by atoms with E-state index in [1.54, 1.807) is 12.1 Å². The fourth-order valence-corrected chi connectivity index (χ4v) is 2.74. The molecule has 108 valence electrons. The van der Waals surface area contributed by atoms with Crippen LogP contribution in [0.1, 0.15) is 19.3 Å². The number of anilines is 1. The molecule has 0 spiro atoms. The van der Waals surface area contributed by atoms with E-state index in [0.29, 0.717) is 30.2 Å². The van der Waals surface area contributed by atoms with Crippen molar-refractivity contribution in [1.82, 2.24) is 0 Å². The lowest BCUT2D eigenvalue weighted by Crippen LogP contribution is -2.35. The number of amides is 1. The fraction of sp³-hybridized carbons (Fsp3) is 0.462. The Morgan fingerprint density at radius 2 is 2.10 bits per heavy atom. The zero-order chi connectivity index (χ0) is 14.7. The highest BCUT2D eigenvalue weighted by Gasteiger charge is 2.25. The molecule has 1 amide bonds. The Morgan fingerprint density at radius 1 is 1.45 bits per heavy atom. The second-order valence-electron chi connectivity index (χ2n) is 4.99. The minimum absolute atomic E-state index is 0.0193. The minimum Gasteiger partial charge on any atom is -0.370 e. The second-order valence-corrected chi connectivity index (χ2v) is 5.43. The Morgan fingerprint density at radius 3 is 2.65 bits per heavy atom. The monoisotopic (exact) mass is 297 g/mol. The molecule has 1 saturated heterocycles. The van der Waals surface area contributed by atoms with E-state index in [2.05, 4.69) is 0 Å². The number of hydrogen-bond donors (Lipinski definition) is 1. The number of primary amides is 1. The number of nitrogens with zero attached hydrogens (tertiary/aromatic N) is 2. The number of rotatable bonds is 4. The summed E-state index contributed by atoms with van der Waals surface area (Å²) in [7, 11) is 0. The summed E-state index contributed by atoms with van der Waals surface area (Å²) in [6, 6.07) is 4.70. The third-order valence-electron chi connectivity index (χ3n) is 3.58. The zero-order valence-corrected chi connectivity index (χ0v) is 11.7. The van der Waals surface area contributed by atoms with Gasteiger partial charge in [0, 0.05) is 30.6 Å². The molecule has 0 saturated carbocycles. The number of benzene rings is 1. The van der Waals surface area contributed by atoms with Crippen molar-refractivity contribution in [2.24, 2.45) is 11.7 Å². The molecule has 0 bridgehead atoms. The van der Waals surface area contributed by atoms with Crippen LogP contribution < -0.4 is 10.6 Å². The largest absolute Gasteiger partial charge is 0.370 e. The Labute approximate surface area is 121 Å². The van der Waals surface area contributed by atoms with Crippen LogP contribution in [0.3, 0.4) is 0 Å². The van der Waals surface area contributed by atoms with Crippen molar-refractivity contribution >= 4 is 28.9 Å². The van der Waals surface area contributed by atoms with Gasteiger partial charge in [-0.15, -0.1) is 0 Å². The molecule has 2 N–H and O–H groups in total. The SMILES string of the molecule is NC(=O)CC1CCN(c2ccc(Cl)cc2[N+](=O)[O-])CC1. The predicted octanol–water partition coefficient (Wildman–Crippen LogP) is 2.34. The second kappa shape index (κ2) is 6.09. The van der Waals surface area contributed by atoms with E-state index < -0.39 is 4.92 Å². The summed E-state index contributed by atoms with van der Waals surface area (Å²) in [6.45, 7) is 1.36. The number of nitro benzene ring substituents is 1. The first-order valence-corrected chi connectivity index (χ1v) is 6.82. The minimum atomic E-state index is -0.420. The van der Waals surface area contributed by atoms with Gasteiger partial charge in [-0.25, -0.2) is 0 Å². The summed E-state index contributed by atoms with van der Waals surface area (Å²) in [4.78, 5) is 23.5. The van der Waals surface area contributed by atoms with Gasteiger partial charge in [-0.2, -0.15) is 0 Å². The lowest BCUT2D eigenvalue weighted by molar-refractivity contribution is -0.384. The molecule has 0 aliphatic carbocycles. The Hall–Kier alpha value is -1.82.